The maximum absolute atomic E-state index is 2.74. The highest BCUT2D eigenvalue weighted by atomic mass is 14.2. The molecule has 0 rings (SSSR count). The minimum Gasteiger partial charge on any atom is -0.0654 e. The normalized spacial score (nSPS) is 13.2. The standard InChI is InChI=1S/C18H37/c1-5-9-13-17(12-8-4)16-18(14-10-6-2)15-11-7-3/h16-18H,5-15H2,1-4H3. The molecule has 0 heterocycles. The first-order valence-corrected chi connectivity index (χ1v) is 8.63. The van der Waals surface area contributed by atoms with Gasteiger partial charge in [-0.25, -0.2) is 0 Å². The summed E-state index contributed by atoms with van der Waals surface area (Å²) in [5.41, 5.74) is 0. The fourth-order valence-electron chi connectivity index (χ4n) is 2.83. The van der Waals surface area contributed by atoms with Gasteiger partial charge in [0, 0.05) is 0 Å². The zero-order valence-electron chi connectivity index (χ0n) is 13.5. The summed E-state index contributed by atoms with van der Waals surface area (Å²) < 4.78 is 0. The van der Waals surface area contributed by atoms with E-state index >= 15 is 0 Å². The molecule has 0 aliphatic heterocycles. The lowest BCUT2D eigenvalue weighted by molar-refractivity contribution is 0.381. The van der Waals surface area contributed by atoms with Crippen LogP contribution in [0.5, 0.6) is 0 Å². The molecule has 1 atom stereocenters. The summed E-state index contributed by atoms with van der Waals surface area (Å²) in [5.74, 6) is 1.80. The summed E-state index contributed by atoms with van der Waals surface area (Å²) in [6.07, 6.45) is 18.1. The molecule has 1 radical (unpaired) electrons. The molecule has 0 N–H and O–H groups in total. The largest absolute Gasteiger partial charge is 0.0654 e. The zero-order chi connectivity index (χ0) is 13.6. The van der Waals surface area contributed by atoms with E-state index < -0.39 is 0 Å². The van der Waals surface area contributed by atoms with Gasteiger partial charge in [0.2, 0.25) is 0 Å². The Hall–Kier alpha value is 0. The highest BCUT2D eigenvalue weighted by molar-refractivity contribution is 4.83. The van der Waals surface area contributed by atoms with Crippen molar-refractivity contribution in [1.29, 1.82) is 0 Å². The lowest BCUT2D eigenvalue weighted by atomic mass is 9.83. The molecule has 0 amide bonds. The quantitative estimate of drug-likeness (QED) is 0.339. The van der Waals surface area contributed by atoms with Gasteiger partial charge in [0.1, 0.15) is 0 Å². The molecular weight excluding hydrogens is 216 g/mol. The fraction of sp³-hybridized carbons (Fsp3) is 0.944. The van der Waals surface area contributed by atoms with Crippen molar-refractivity contribution in [2.24, 2.45) is 11.8 Å². The van der Waals surface area contributed by atoms with E-state index in [2.05, 4.69) is 34.1 Å². The Morgan fingerprint density at radius 2 is 0.944 bits per heavy atom. The van der Waals surface area contributed by atoms with Crippen molar-refractivity contribution in [2.45, 2.75) is 98.3 Å². The van der Waals surface area contributed by atoms with Crippen molar-refractivity contribution in [2.75, 3.05) is 0 Å². The van der Waals surface area contributed by atoms with Gasteiger partial charge in [-0.2, -0.15) is 0 Å². The van der Waals surface area contributed by atoms with Crippen LogP contribution in [0.15, 0.2) is 0 Å². The van der Waals surface area contributed by atoms with Crippen molar-refractivity contribution in [3.8, 4) is 0 Å². The van der Waals surface area contributed by atoms with Gasteiger partial charge < -0.3 is 0 Å². The van der Waals surface area contributed by atoms with Gasteiger partial charge in [0.05, 0.1) is 0 Å². The Bertz CT molecular complexity index is 142. The first-order chi connectivity index (χ1) is 8.78. The van der Waals surface area contributed by atoms with Crippen LogP contribution >= 0.6 is 0 Å². The predicted molar refractivity (Wildman–Crippen MR) is 84.8 cm³/mol. The van der Waals surface area contributed by atoms with Crippen LogP contribution in [0.3, 0.4) is 0 Å². The fourth-order valence-corrected chi connectivity index (χ4v) is 2.83. The van der Waals surface area contributed by atoms with Crippen molar-refractivity contribution < 1.29 is 0 Å². The van der Waals surface area contributed by atoms with Crippen molar-refractivity contribution in [3.05, 3.63) is 6.42 Å². The highest BCUT2D eigenvalue weighted by Crippen LogP contribution is 2.28. The van der Waals surface area contributed by atoms with Crippen LogP contribution in [0.1, 0.15) is 98.3 Å². The molecular formula is C18H37. The molecule has 0 aliphatic rings. The molecule has 18 heavy (non-hydrogen) atoms. The number of rotatable bonds is 13. The molecule has 0 heteroatoms. The molecule has 0 aromatic carbocycles. The van der Waals surface area contributed by atoms with Crippen molar-refractivity contribution in [3.63, 3.8) is 0 Å². The van der Waals surface area contributed by atoms with Crippen molar-refractivity contribution >= 4 is 0 Å². The molecule has 0 aromatic rings. The van der Waals surface area contributed by atoms with E-state index in [0.29, 0.717) is 0 Å². The molecule has 0 spiro atoms. The van der Waals surface area contributed by atoms with E-state index in [1.54, 1.807) is 0 Å². The van der Waals surface area contributed by atoms with Crippen LogP contribution in [-0.2, 0) is 0 Å². The summed E-state index contributed by atoms with van der Waals surface area (Å²) >= 11 is 0. The third kappa shape index (κ3) is 9.97. The summed E-state index contributed by atoms with van der Waals surface area (Å²) in [6.45, 7) is 9.28. The lowest BCUT2D eigenvalue weighted by Gasteiger charge is -2.23. The van der Waals surface area contributed by atoms with Gasteiger partial charge >= 0.3 is 0 Å². The summed E-state index contributed by atoms with van der Waals surface area (Å²) in [6, 6.07) is 0. The van der Waals surface area contributed by atoms with Crippen LogP contribution in [0.25, 0.3) is 0 Å². The third-order valence-electron chi connectivity index (χ3n) is 3.99. The van der Waals surface area contributed by atoms with E-state index in [4.69, 9.17) is 0 Å². The monoisotopic (exact) mass is 253 g/mol. The minimum absolute atomic E-state index is 0.897. The molecule has 0 bridgehead atoms. The molecule has 0 fully saturated rings. The molecule has 0 saturated carbocycles. The predicted octanol–water partition coefficient (Wildman–Crippen LogP) is 6.79. The van der Waals surface area contributed by atoms with E-state index in [-0.39, 0.29) is 0 Å². The van der Waals surface area contributed by atoms with Gasteiger partial charge in [-0.05, 0) is 18.3 Å². The van der Waals surface area contributed by atoms with Gasteiger partial charge in [-0.1, -0.05) is 98.3 Å². The van der Waals surface area contributed by atoms with E-state index in [9.17, 15) is 0 Å². The van der Waals surface area contributed by atoms with Crippen LogP contribution in [0.2, 0.25) is 0 Å². The van der Waals surface area contributed by atoms with Crippen LogP contribution < -0.4 is 0 Å². The SMILES string of the molecule is CCCCC([CH]C(CCCC)CCCC)CCC. The smallest absolute Gasteiger partial charge is 0.0324 e. The highest BCUT2D eigenvalue weighted by Gasteiger charge is 2.15. The Kier molecular flexibility index (Phi) is 13.4. The first kappa shape index (κ1) is 18.0. The second-order valence-electron chi connectivity index (χ2n) is 5.93. The molecule has 0 nitrogen and oxygen atoms in total. The maximum atomic E-state index is 2.74. The van der Waals surface area contributed by atoms with Gasteiger partial charge in [-0.15, -0.1) is 0 Å². The summed E-state index contributed by atoms with van der Waals surface area (Å²) in [5, 5.41) is 0. The third-order valence-corrected chi connectivity index (χ3v) is 3.99. The Morgan fingerprint density at radius 3 is 1.28 bits per heavy atom. The Labute approximate surface area is 117 Å². The van der Waals surface area contributed by atoms with Gasteiger partial charge in [0.15, 0.2) is 0 Å². The molecule has 0 saturated heterocycles. The van der Waals surface area contributed by atoms with Gasteiger partial charge in [-0.3, -0.25) is 0 Å². The first-order valence-electron chi connectivity index (χ1n) is 8.63. The number of hydrogen-bond acceptors (Lipinski definition) is 0. The Balaban J connectivity index is 4.09. The Morgan fingerprint density at radius 1 is 0.556 bits per heavy atom. The molecule has 0 aliphatic carbocycles. The lowest BCUT2D eigenvalue weighted by Crippen LogP contribution is -2.11. The van der Waals surface area contributed by atoms with Gasteiger partial charge in [0.25, 0.3) is 0 Å². The summed E-state index contributed by atoms with van der Waals surface area (Å²) in [4.78, 5) is 0. The average molecular weight is 253 g/mol. The number of hydrogen-bond donors (Lipinski definition) is 0. The van der Waals surface area contributed by atoms with E-state index in [1.165, 1.54) is 70.6 Å². The summed E-state index contributed by atoms with van der Waals surface area (Å²) in [7, 11) is 0. The number of unbranched alkanes of at least 4 members (excludes halogenated alkanes) is 3. The van der Waals surface area contributed by atoms with Crippen LogP contribution in [0, 0.1) is 18.3 Å². The van der Waals surface area contributed by atoms with E-state index in [0.717, 1.165) is 11.8 Å². The topological polar surface area (TPSA) is 0 Å². The average Bonchev–Trinajstić information content (AvgIpc) is 2.39. The molecule has 0 aromatic heterocycles. The maximum Gasteiger partial charge on any atom is -0.0324 e. The van der Waals surface area contributed by atoms with Crippen LogP contribution in [0.4, 0.5) is 0 Å². The second-order valence-corrected chi connectivity index (χ2v) is 5.93. The molecule has 109 valence electrons. The minimum atomic E-state index is 0.897. The van der Waals surface area contributed by atoms with Crippen molar-refractivity contribution in [1.82, 2.24) is 0 Å². The second kappa shape index (κ2) is 13.4. The van der Waals surface area contributed by atoms with E-state index in [1.807, 2.05) is 0 Å². The molecule has 1 unspecified atom stereocenters. The van der Waals surface area contributed by atoms with Crippen LogP contribution in [-0.4, -0.2) is 0 Å². The zero-order valence-corrected chi connectivity index (χ0v) is 13.5.